The molecule has 0 bridgehead atoms. The van der Waals surface area contributed by atoms with E-state index < -0.39 is 15.4 Å². The summed E-state index contributed by atoms with van der Waals surface area (Å²) in [6.45, 7) is 8.10. The van der Waals surface area contributed by atoms with Crippen LogP contribution < -0.4 is 9.62 Å². The Morgan fingerprint density at radius 2 is 1.70 bits per heavy atom. The van der Waals surface area contributed by atoms with Crippen molar-refractivity contribution in [2.45, 2.75) is 50.5 Å². The average molecular weight is 387 g/mol. The summed E-state index contributed by atoms with van der Waals surface area (Å²) in [5.41, 5.74) is 2.88. The number of rotatable bonds is 5. The van der Waals surface area contributed by atoms with Crippen molar-refractivity contribution in [2.75, 3.05) is 11.9 Å². The molecule has 1 amide bonds. The molecule has 0 aliphatic carbocycles. The Bertz CT molecular complexity index is 977. The summed E-state index contributed by atoms with van der Waals surface area (Å²) >= 11 is 0. The van der Waals surface area contributed by atoms with Gasteiger partial charge in [0.15, 0.2) is 0 Å². The number of nitrogens with zero attached hydrogens (tertiary/aromatic N) is 1. The molecule has 0 atom stereocenters. The largest absolute Gasteiger partial charge is 0.314 e. The summed E-state index contributed by atoms with van der Waals surface area (Å²) in [5.74, 6) is 0.400. The molecule has 2 aromatic carbocycles. The van der Waals surface area contributed by atoms with E-state index in [0.29, 0.717) is 5.92 Å². The highest BCUT2D eigenvalue weighted by Crippen LogP contribution is 2.41. The standard InChI is InChI=1S/C21H26N2O3S/c1-14(2)16-8-6-15(7-9-16)13-22-27(25,26)17-10-11-19-18(12-17)21(3,4)20(24)23(19)5/h6-12,14,22H,13H2,1-5H3. The van der Waals surface area contributed by atoms with E-state index >= 15 is 0 Å². The van der Waals surface area contributed by atoms with Crippen LogP contribution in [0, 0.1) is 0 Å². The van der Waals surface area contributed by atoms with Crippen molar-refractivity contribution in [2.24, 2.45) is 0 Å². The number of hydrogen-bond donors (Lipinski definition) is 1. The van der Waals surface area contributed by atoms with Crippen LogP contribution in [0.2, 0.25) is 0 Å². The maximum absolute atomic E-state index is 12.7. The summed E-state index contributed by atoms with van der Waals surface area (Å²) in [4.78, 5) is 14.1. The summed E-state index contributed by atoms with van der Waals surface area (Å²) in [5, 5.41) is 0. The number of hydrogen-bond acceptors (Lipinski definition) is 3. The van der Waals surface area contributed by atoms with Crippen molar-refractivity contribution in [3.8, 4) is 0 Å². The molecule has 1 heterocycles. The topological polar surface area (TPSA) is 66.5 Å². The van der Waals surface area contributed by atoms with Crippen LogP contribution in [0.25, 0.3) is 0 Å². The molecular formula is C21H26N2O3S. The van der Waals surface area contributed by atoms with Crippen LogP contribution in [-0.2, 0) is 26.8 Å². The Hall–Kier alpha value is -2.18. The molecule has 27 heavy (non-hydrogen) atoms. The lowest BCUT2D eigenvalue weighted by Crippen LogP contribution is -2.33. The normalized spacial score (nSPS) is 16.1. The van der Waals surface area contributed by atoms with E-state index in [1.54, 1.807) is 30.1 Å². The van der Waals surface area contributed by atoms with Crippen molar-refractivity contribution >= 4 is 21.6 Å². The Morgan fingerprint density at radius 3 is 2.30 bits per heavy atom. The van der Waals surface area contributed by atoms with Crippen molar-refractivity contribution in [1.82, 2.24) is 4.72 Å². The maximum atomic E-state index is 12.7. The van der Waals surface area contributed by atoms with E-state index in [-0.39, 0.29) is 17.3 Å². The highest BCUT2D eigenvalue weighted by atomic mass is 32.2. The summed E-state index contributed by atoms with van der Waals surface area (Å²) in [6.07, 6.45) is 0. The molecule has 0 radical (unpaired) electrons. The van der Waals surface area contributed by atoms with Crippen molar-refractivity contribution in [1.29, 1.82) is 0 Å². The molecule has 3 rings (SSSR count). The van der Waals surface area contributed by atoms with Gasteiger partial charge in [-0.25, -0.2) is 13.1 Å². The molecule has 6 heteroatoms. The van der Waals surface area contributed by atoms with Gasteiger partial charge in [-0.05, 0) is 54.7 Å². The second kappa shape index (κ2) is 6.77. The third-order valence-electron chi connectivity index (χ3n) is 5.27. The number of anilines is 1. The van der Waals surface area contributed by atoms with Gasteiger partial charge in [0.05, 0.1) is 10.3 Å². The van der Waals surface area contributed by atoms with Crippen LogP contribution in [0.5, 0.6) is 0 Å². The molecule has 5 nitrogen and oxygen atoms in total. The minimum atomic E-state index is -3.67. The van der Waals surface area contributed by atoms with E-state index in [1.807, 2.05) is 38.1 Å². The highest BCUT2D eigenvalue weighted by molar-refractivity contribution is 7.89. The lowest BCUT2D eigenvalue weighted by atomic mass is 9.86. The molecule has 0 saturated carbocycles. The monoisotopic (exact) mass is 386 g/mol. The fourth-order valence-electron chi connectivity index (χ4n) is 3.40. The zero-order valence-corrected chi connectivity index (χ0v) is 17.2. The molecule has 0 unspecified atom stereocenters. The molecule has 1 aliphatic heterocycles. The van der Waals surface area contributed by atoms with Gasteiger partial charge in [0.2, 0.25) is 15.9 Å². The first-order valence-electron chi connectivity index (χ1n) is 9.05. The maximum Gasteiger partial charge on any atom is 0.240 e. The molecule has 1 aliphatic rings. The van der Waals surface area contributed by atoms with Crippen molar-refractivity contribution in [3.05, 3.63) is 59.2 Å². The van der Waals surface area contributed by atoms with E-state index in [0.717, 1.165) is 16.8 Å². The van der Waals surface area contributed by atoms with Gasteiger partial charge in [0, 0.05) is 19.3 Å². The Kier molecular flexibility index (Phi) is 4.91. The zero-order chi connectivity index (χ0) is 20.0. The SMILES string of the molecule is CC(C)c1ccc(CNS(=O)(=O)c2ccc3c(c2)C(C)(C)C(=O)N3C)cc1. The van der Waals surface area contributed by atoms with E-state index in [2.05, 4.69) is 18.6 Å². The van der Waals surface area contributed by atoms with E-state index in [4.69, 9.17) is 0 Å². The second-order valence-electron chi connectivity index (χ2n) is 7.89. The van der Waals surface area contributed by atoms with Gasteiger partial charge < -0.3 is 4.90 Å². The lowest BCUT2D eigenvalue weighted by molar-refractivity contribution is -0.121. The third-order valence-corrected chi connectivity index (χ3v) is 6.66. The van der Waals surface area contributed by atoms with Gasteiger partial charge in [0.1, 0.15) is 0 Å². The van der Waals surface area contributed by atoms with Gasteiger partial charge >= 0.3 is 0 Å². The van der Waals surface area contributed by atoms with Gasteiger partial charge in [-0.1, -0.05) is 38.1 Å². The number of fused-ring (bicyclic) bond motifs is 1. The molecule has 1 N–H and O–H groups in total. The van der Waals surface area contributed by atoms with Gasteiger partial charge in [-0.3, -0.25) is 4.79 Å². The number of likely N-dealkylation sites (N-methyl/N-ethyl adjacent to an activating group) is 1. The van der Waals surface area contributed by atoms with Crippen LogP contribution in [0.4, 0.5) is 5.69 Å². The molecule has 2 aromatic rings. The van der Waals surface area contributed by atoms with E-state index in [9.17, 15) is 13.2 Å². The number of carbonyl (C=O) groups excluding carboxylic acids is 1. The van der Waals surface area contributed by atoms with Crippen molar-refractivity contribution < 1.29 is 13.2 Å². The summed E-state index contributed by atoms with van der Waals surface area (Å²) in [6, 6.07) is 12.8. The van der Waals surface area contributed by atoms with Crippen LogP contribution in [0.15, 0.2) is 47.4 Å². The minimum absolute atomic E-state index is 0.0368. The predicted octanol–water partition coefficient (Wildman–Crippen LogP) is 3.54. The summed E-state index contributed by atoms with van der Waals surface area (Å²) < 4.78 is 28.1. The van der Waals surface area contributed by atoms with E-state index in [1.165, 1.54) is 5.56 Å². The van der Waals surface area contributed by atoms with Gasteiger partial charge in [0.25, 0.3) is 0 Å². The number of amides is 1. The van der Waals surface area contributed by atoms with Crippen LogP contribution in [0.3, 0.4) is 0 Å². The first kappa shape index (κ1) is 19.6. The van der Waals surface area contributed by atoms with Crippen molar-refractivity contribution in [3.63, 3.8) is 0 Å². The first-order valence-corrected chi connectivity index (χ1v) is 10.5. The molecule has 0 aromatic heterocycles. The third kappa shape index (κ3) is 3.51. The zero-order valence-electron chi connectivity index (χ0n) is 16.4. The molecule has 0 fully saturated rings. The Labute approximate surface area is 161 Å². The van der Waals surface area contributed by atoms with Gasteiger partial charge in [-0.15, -0.1) is 0 Å². The van der Waals surface area contributed by atoms with Crippen LogP contribution >= 0.6 is 0 Å². The van der Waals surface area contributed by atoms with Crippen LogP contribution in [-0.4, -0.2) is 21.4 Å². The molecule has 0 spiro atoms. The molecular weight excluding hydrogens is 360 g/mol. The lowest BCUT2D eigenvalue weighted by Gasteiger charge is -2.17. The summed E-state index contributed by atoms with van der Waals surface area (Å²) in [7, 11) is -1.96. The minimum Gasteiger partial charge on any atom is -0.314 e. The number of sulfonamides is 1. The fraction of sp³-hybridized carbons (Fsp3) is 0.381. The highest BCUT2D eigenvalue weighted by Gasteiger charge is 2.42. The Balaban J connectivity index is 1.82. The first-order chi connectivity index (χ1) is 12.5. The second-order valence-corrected chi connectivity index (χ2v) is 9.66. The van der Waals surface area contributed by atoms with Gasteiger partial charge in [-0.2, -0.15) is 0 Å². The smallest absolute Gasteiger partial charge is 0.240 e. The molecule has 144 valence electrons. The predicted molar refractivity (Wildman–Crippen MR) is 107 cm³/mol. The average Bonchev–Trinajstić information content (AvgIpc) is 2.81. The molecule has 0 saturated heterocycles. The van der Waals surface area contributed by atoms with Crippen LogP contribution in [0.1, 0.15) is 50.3 Å². The quantitative estimate of drug-likeness (QED) is 0.855. The number of benzene rings is 2. The Morgan fingerprint density at radius 1 is 1.07 bits per heavy atom. The number of nitrogens with one attached hydrogen (secondary N) is 1. The number of carbonyl (C=O) groups is 1. The fourth-order valence-corrected chi connectivity index (χ4v) is 4.44.